The van der Waals surface area contributed by atoms with Crippen molar-refractivity contribution in [3.63, 3.8) is 0 Å². The molecule has 1 aromatic heterocycles. The molecule has 2 rings (SSSR count). The second-order valence-electron chi connectivity index (χ2n) is 4.37. The maximum Gasteiger partial charge on any atom is 0.325 e. The van der Waals surface area contributed by atoms with Crippen molar-refractivity contribution in [2.45, 2.75) is 13.5 Å². The number of esters is 1. The monoisotopic (exact) mass is 351 g/mol. The zero-order valence-electron chi connectivity index (χ0n) is 11.4. The van der Waals surface area contributed by atoms with Gasteiger partial charge in [-0.3, -0.25) is 9.59 Å². The predicted octanol–water partition coefficient (Wildman–Crippen LogP) is 2.82. The number of furan rings is 1. The minimum atomic E-state index is -0.503. The van der Waals surface area contributed by atoms with Gasteiger partial charge in [-0.2, -0.15) is 0 Å². The molecule has 0 atom stereocenters. The first-order valence-corrected chi connectivity index (χ1v) is 7.09. The Balaban J connectivity index is 1.78. The Morgan fingerprint density at radius 1 is 1.24 bits per heavy atom. The molecule has 0 unspecified atom stereocenters. The maximum absolute atomic E-state index is 11.7. The van der Waals surface area contributed by atoms with E-state index in [4.69, 9.17) is 9.15 Å². The molecule has 1 heterocycles. The van der Waals surface area contributed by atoms with Crippen molar-refractivity contribution in [3.8, 4) is 0 Å². The zero-order chi connectivity index (χ0) is 15.2. The first kappa shape index (κ1) is 15.3. The molecule has 1 amide bonds. The second kappa shape index (κ2) is 7.08. The number of amides is 1. The molecule has 110 valence electrons. The van der Waals surface area contributed by atoms with E-state index in [9.17, 15) is 9.59 Å². The summed E-state index contributed by atoms with van der Waals surface area (Å²) in [7, 11) is 0. The number of rotatable bonds is 5. The van der Waals surface area contributed by atoms with Gasteiger partial charge in [0.25, 0.3) is 5.91 Å². The molecule has 0 radical (unpaired) electrons. The van der Waals surface area contributed by atoms with E-state index in [1.807, 2.05) is 31.2 Å². The fourth-order valence-electron chi connectivity index (χ4n) is 1.66. The SMILES string of the molecule is Cc1ccccc1COC(=O)CNC(=O)c1ccc(Br)o1. The third-order valence-electron chi connectivity index (χ3n) is 2.84. The Morgan fingerprint density at radius 3 is 2.67 bits per heavy atom. The Morgan fingerprint density at radius 2 is 2.00 bits per heavy atom. The number of ether oxygens (including phenoxy) is 1. The van der Waals surface area contributed by atoms with Crippen LogP contribution in [0.5, 0.6) is 0 Å². The van der Waals surface area contributed by atoms with E-state index in [1.54, 1.807) is 6.07 Å². The van der Waals surface area contributed by atoms with Crippen molar-refractivity contribution in [3.05, 3.63) is 58.0 Å². The molecule has 0 aliphatic carbocycles. The van der Waals surface area contributed by atoms with Gasteiger partial charge in [0.05, 0.1) is 0 Å². The number of carbonyl (C=O) groups is 2. The van der Waals surface area contributed by atoms with Crippen molar-refractivity contribution in [2.75, 3.05) is 6.54 Å². The second-order valence-corrected chi connectivity index (χ2v) is 5.16. The molecule has 0 aliphatic rings. The Hall–Kier alpha value is -2.08. The number of benzene rings is 1. The van der Waals surface area contributed by atoms with Gasteiger partial charge in [-0.05, 0) is 46.1 Å². The highest BCUT2D eigenvalue weighted by Crippen LogP contribution is 2.13. The van der Waals surface area contributed by atoms with Crippen molar-refractivity contribution < 1.29 is 18.7 Å². The number of hydrogen-bond acceptors (Lipinski definition) is 4. The predicted molar refractivity (Wildman–Crippen MR) is 79.7 cm³/mol. The molecular formula is C15H14BrNO4. The molecule has 0 bridgehead atoms. The van der Waals surface area contributed by atoms with Crippen LogP contribution in [-0.2, 0) is 16.1 Å². The summed E-state index contributed by atoms with van der Waals surface area (Å²) < 4.78 is 10.6. The van der Waals surface area contributed by atoms with Gasteiger partial charge in [0.15, 0.2) is 10.4 Å². The molecule has 1 N–H and O–H groups in total. The lowest BCUT2D eigenvalue weighted by molar-refractivity contribution is -0.143. The van der Waals surface area contributed by atoms with Gasteiger partial charge in [-0.1, -0.05) is 24.3 Å². The molecule has 1 aromatic carbocycles. The van der Waals surface area contributed by atoms with Gasteiger partial charge in [0.1, 0.15) is 13.2 Å². The molecular weight excluding hydrogens is 338 g/mol. The van der Waals surface area contributed by atoms with Crippen LogP contribution >= 0.6 is 15.9 Å². The van der Waals surface area contributed by atoms with Crippen molar-refractivity contribution in [2.24, 2.45) is 0 Å². The Kier molecular flexibility index (Phi) is 5.16. The zero-order valence-corrected chi connectivity index (χ0v) is 13.0. The first-order chi connectivity index (χ1) is 10.1. The highest BCUT2D eigenvalue weighted by Gasteiger charge is 2.12. The molecule has 0 fully saturated rings. The summed E-state index contributed by atoms with van der Waals surface area (Å²) in [6, 6.07) is 10.7. The molecule has 5 nitrogen and oxygen atoms in total. The summed E-state index contributed by atoms with van der Waals surface area (Å²) in [6.45, 7) is 1.93. The van der Waals surface area contributed by atoms with E-state index in [-0.39, 0.29) is 18.9 Å². The maximum atomic E-state index is 11.7. The van der Waals surface area contributed by atoms with Gasteiger partial charge in [-0.15, -0.1) is 0 Å². The normalized spacial score (nSPS) is 10.2. The molecule has 6 heteroatoms. The minimum absolute atomic E-state index is 0.133. The average molecular weight is 352 g/mol. The standard InChI is InChI=1S/C15H14BrNO4/c1-10-4-2-3-5-11(10)9-20-14(18)8-17-15(19)12-6-7-13(16)21-12/h2-7H,8-9H2,1H3,(H,17,19). The van der Waals surface area contributed by atoms with Crippen LogP contribution in [0.1, 0.15) is 21.7 Å². The third-order valence-corrected chi connectivity index (χ3v) is 3.27. The molecule has 21 heavy (non-hydrogen) atoms. The molecule has 2 aromatic rings. The van der Waals surface area contributed by atoms with Crippen LogP contribution in [0.15, 0.2) is 45.5 Å². The number of halogens is 1. The largest absolute Gasteiger partial charge is 0.459 e. The molecule has 0 aliphatic heterocycles. The Labute approximate surface area is 130 Å². The quantitative estimate of drug-likeness (QED) is 0.841. The van der Waals surface area contributed by atoms with Crippen LogP contribution in [0, 0.1) is 6.92 Å². The van der Waals surface area contributed by atoms with Crippen molar-refractivity contribution >= 4 is 27.8 Å². The summed E-state index contributed by atoms with van der Waals surface area (Å²) in [5.41, 5.74) is 1.99. The topological polar surface area (TPSA) is 68.5 Å². The molecule has 0 spiro atoms. The van der Waals surface area contributed by atoms with Gasteiger partial charge in [0, 0.05) is 0 Å². The van der Waals surface area contributed by atoms with Crippen LogP contribution < -0.4 is 5.32 Å². The first-order valence-electron chi connectivity index (χ1n) is 6.30. The highest BCUT2D eigenvalue weighted by atomic mass is 79.9. The van der Waals surface area contributed by atoms with E-state index in [0.29, 0.717) is 4.67 Å². The van der Waals surface area contributed by atoms with Gasteiger partial charge in [0.2, 0.25) is 0 Å². The summed E-state index contributed by atoms with van der Waals surface area (Å²) in [5, 5.41) is 2.43. The minimum Gasteiger partial charge on any atom is -0.459 e. The Bertz CT molecular complexity index is 651. The van der Waals surface area contributed by atoms with Crippen LogP contribution in [0.2, 0.25) is 0 Å². The summed E-state index contributed by atoms with van der Waals surface area (Å²) in [6.07, 6.45) is 0. The van der Waals surface area contributed by atoms with E-state index in [0.717, 1.165) is 11.1 Å². The number of hydrogen-bond donors (Lipinski definition) is 1. The summed E-state index contributed by atoms with van der Waals surface area (Å²) >= 11 is 3.10. The van der Waals surface area contributed by atoms with E-state index >= 15 is 0 Å². The smallest absolute Gasteiger partial charge is 0.325 e. The fourth-order valence-corrected chi connectivity index (χ4v) is 1.96. The summed E-state index contributed by atoms with van der Waals surface area (Å²) in [4.78, 5) is 23.2. The highest BCUT2D eigenvalue weighted by molar-refractivity contribution is 9.10. The third kappa shape index (κ3) is 4.46. The number of nitrogens with one attached hydrogen (secondary N) is 1. The van der Waals surface area contributed by atoms with Crippen LogP contribution in [-0.4, -0.2) is 18.4 Å². The fraction of sp³-hybridized carbons (Fsp3) is 0.200. The number of carbonyl (C=O) groups excluding carboxylic acids is 2. The van der Waals surface area contributed by atoms with Crippen LogP contribution in [0.3, 0.4) is 0 Å². The van der Waals surface area contributed by atoms with Gasteiger partial charge < -0.3 is 14.5 Å². The number of aryl methyl sites for hydroxylation is 1. The van der Waals surface area contributed by atoms with Crippen molar-refractivity contribution in [1.29, 1.82) is 0 Å². The van der Waals surface area contributed by atoms with Crippen molar-refractivity contribution in [1.82, 2.24) is 5.32 Å². The average Bonchev–Trinajstić information content (AvgIpc) is 2.90. The van der Waals surface area contributed by atoms with Crippen LogP contribution in [0.4, 0.5) is 0 Å². The van der Waals surface area contributed by atoms with Gasteiger partial charge >= 0.3 is 5.97 Å². The lowest BCUT2D eigenvalue weighted by Crippen LogP contribution is -2.30. The van der Waals surface area contributed by atoms with Gasteiger partial charge in [-0.25, -0.2) is 0 Å². The van der Waals surface area contributed by atoms with Crippen LogP contribution in [0.25, 0.3) is 0 Å². The molecule has 0 saturated heterocycles. The summed E-state index contributed by atoms with van der Waals surface area (Å²) in [5.74, 6) is -0.834. The molecule has 0 saturated carbocycles. The lowest BCUT2D eigenvalue weighted by Gasteiger charge is -2.07. The lowest BCUT2D eigenvalue weighted by atomic mass is 10.1. The van der Waals surface area contributed by atoms with E-state index in [1.165, 1.54) is 6.07 Å². The van der Waals surface area contributed by atoms with E-state index < -0.39 is 11.9 Å². The van der Waals surface area contributed by atoms with E-state index in [2.05, 4.69) is 21.2 Å².